The minimum atomic E-state index is -0.0561. The van der Waals surface area contributed by atoms with Crippen LogP contribution in [0, 0.1) is 0 Å². The third-order valence-corrected chi connectivity index (χ3v) is 3.57. The van der Waals surface area contributed by atoms with Gasteiger partial charge in [-0.2, -0.15) is 0 Å². The van der Waals surface area contributed by atoms with E-state index in [1.165, 1.54) is 0 Å². The normalized spacial score (nSPS) is 12.4. The van der Waals surface area contributed by atoms with Gasteiger partial charge in [0.15, 0.2) is 16.9 Å². The van der Waals surface area contributed by atoms with Gasteiger partial charge in [0, 0.05) is 47.0 Å². The molecule has 5 heteroatoms. The zero-order chi connectivity index (χ0) is 14.9. The molecule has 108 valence electrons. The second-order valence-electron chi connectivity index (χ2n) is 4.93. The molecule has 0 amide bonds. The van der Waals surface area contributed by atoms with Crippen molar-refractivity contribution in [3.8, 4) is 33.9 Å². The zero-order valence-corrected chi connectivity index (χ0v) is 11.6. The Morgan fingerprint density at radius 3 is 2.77 bits per heavy atom. The van der Waals surface area contributed by atoms with Crippen LogP contribution in [0.15, 0.2) is 59.8 Å². The SMILES string of the molecule is O=c1cc(-c2ccc3c(c2)OCO3)[nH]cc1-c1cccnc1. The summed E-state index contributed by atoms with van der Waals surface area (Å²) in [5.41, 5.74) is 2.94. The number of aromatic nitrogens is 2. The van der Waals surface area contributed by atoms with E-state index < -0.39 is 0 Å². The Hall–Kier alpha value is -3.08. The second kappa shape index (κ2) is 5.04. The van der Waals surface area contributed by atoms with Crippen LogP contribution in [0.4, 0.5) is 0 Å². The number of ether oxygens (including phenoxy) is 2. The molecule has 0 saturated carbocycles. The minimum Gasteiger partial charge on any atom is -0.454 e. The largest absolute Gasteiger partial charge is 0.454 e. The quantitative estimate of drug-likeness (QED) is 0.789. The summed E-state index contributed by atoms with van der Waals surface area (Å²) in [5, 5.41) is 0. The van der Waals surface area contributed by atoms with Gasteiger partial charge in [-0.05, 0) is 24.3 Å². The number of pyridine rings is 2. The molecule has 2 aromatic heterocycles. The average Bonchev–Trinajstić information content (AvgIpc) is 3.03. The van der Waals surface area contributed by atoms with Crippen molar-refractivity contribution in [2.75, 3.05) is 6.79 Å². The van der Waals surface area contributed by atoms with Gasteiger partial charge >= 0.3 is 0 Å². The number of nitrogens with zero attached hydrogens (tertiary/aromatic N) is 1. The summed E-state index contributed by atoms with van der Waals surface area (Å²) < 4.78 is 10.7. The molecule has 0 bridgehead atoms. The Labute approximate surface area is 126 Å². The number of benzene rings is 1. The number of hydrogen-bond donors (Lipinski definition) is 1. The van der Waals surface area contributed by atoms with Crippen LogP contribution >= 0.6 is 0 Å². The summed E-state index contributed by atoms with van der Waals surface area (Å²) in [4.78, 5) is 19.5. The maximum atomic E-state index is 12.3. The van der Waals surface area contributed by atoms with E-state index in [0.29, 0.717) is 11.3 Å². The van der Waals surface area contributed by atoms with Crippen LogP contribution in [0.5, 0.6) is 11.5 Å². The molecule has 1 aliphatic heterocycles. The van der Waals surface area contributed by atoms with E-state index in [-0.39, 0.29) is 12.2 Å². The lowest BCUT2D eigenvalue weighted by Crippen LogP contribution is -2.05. The number of nitrogens with one attached hydrogen (secondary N) is 1. The van der Waals surface area contributed by atoms with E-state index in [1.807, 2.05) is 24.3 Å². The van der Waals surface area contributed by atoms with Gasteiger partial charge in [0.1, 0.15) is 0 Å². The molecule has 1 N–H and O–H groups in total. The summed E-state index contributed by atoms with van der Waals surface area (Å²) in [6, 6.07) is 10.8. The Morgan fingerprint density at radius 2 is 1.95 bits per heavy atom. The van der Waals surface area contributed by atoms with Crippen molar-refractivity contribution in [2.24, 2.45) is 0 Å². The lowest BCUT2D eigenvalue weighted by molar-refractivity contribution is 0.174. The molecule has 1 aliphatic rings. The van der Waals surface area contributed by atoms with E-state index >= 15 is 0 Å². The predicted octanol–water partition coefficient (Wildman–Crippen LogP) is 2.83. The molecule has 0 saturated heterocycles. The topological polar surface area (TPSA) is 64.2 Å². The van der Waals surface area contributed by atoms with Crippen molar-refractivity contribution in [1.82, 2.24) is 9.97 Å². The summed E-state index contributed by atoms with van der Waals surface area (Å²) in [5.74, 6) is 1.41. The van der Waals surface area contributed by atoms with Crippen LogP contribution < -0.4 is 14.9 Å². The molecule has 3 heterocycles. The first-order valence-corrected chi connectivity index (χ1v) is 6.84. The Morgan fingerprint density at radius 1 is 1.05 bits per heavy atom. The van der Waals surface area contributed by atoms with Gasteiger partial charge in [-0.15, -0.1) is 0 Å². The summed E-state index contributed by atoms with van der Waals surface area (Å²) >= 11 is 0. The molecule has 0 spiro atoms. The van der Waals surface area contributed by atoms with E-state index in [1.54, 1.807) is 30.7 Å². The monoisotopic (exact) mass is 292 g/mol. The molecule has 0 atom stereocenters. The Balaban J connectivity index is 1.75. The van der Waals surface area contributed by atoms with Gasteiger partial charge in [-0.3, -0.25) is 9.78 Å². The highest BCUT2D eigenvalue weighted by Gasteiger charge is 2.14. The fourth-order valence-corrected chi connectivity index (χ4v) is 2.45. The fourth-order valence-electron chi connectivity index (χ4n) is 2.45. The summed E-state index contributed by atoms with van der Waals surface area (Å²) in [6.45, 7) is 0.231. The van der Waals surface area contributed by atoms with Gasteiger partial charge in [0.05, 0.1) is 0 Å². The lowest BCUT2D eigenvalue weighted by atomic mass is 10.1. The number of fused-ring (bicyclic) bond motifs is 1. The van der Waals surface area contributed by atoms with Gasteiger partial charge in [0.2, 0.25) is 6.79 Å². The van der Waals surface area contributed by atoms with Crippen molar-refractivity contribution in [3.63, 3.8) is 0 Å². The molecule has 0 fully saturated rings. The van der Waals surface area contributed by atoms with Gasteiger partial charge in [-0.25, -0.2) is 0 Å². The summed E-state index contributed by atoms with van der Waals surface area (Å²) in [6.07, 6.45) is 5.06. The molecule has 22 heavy (non-hydrogen) atoms. The van der Waals surface area contributed by atoms with Crippen LogP contribution in [0.1, 0.15) is 0 Å². The zero-order valence-electron chi connectivity index (χ0n) is 11.6. The average molecular weight is 292 g/mol. The van der Waals surface area contributed by atoms with E-state index in [4.69, 9.17) is 9.47 Å². The molecule has 0 radical (unpaired) electrons. The maximum absolute atomic E-state index is 12.3. The van der Waals surface area contributed by atoms with Crippen LogP contribution in [0.25, 0.3) is 22.4 Å². The van der Waals surface area contributed by atoms with Crippen LogP contribution in [0.2, 0.25) is 0 Å². The highest BCUT2D eigenvalue weighted by molar-refractivity contribution is 5.68. The molecule has 5 nitrogen and oxygen atoms in total. The molecule has 4 rings (SSSR count). The first-order valence-electron chi connectivity index (χ1n) is 6.84. The number of hydrogen-bond acceptors (Lipinski definition) is 4. The molecule has 0 aliphatic carbocycles. The van der Waals surface area contributed by atoms with Crippen molar-refractivity contribution in [2.45, 2.75) is 0 Å². The van der Waals surface area contributed by atoms with E-state index in [2.05, 4.69) is 9.97 Å². The van der Waals surface area contributed by atoms with E-state index in [9.17, 15) is 4.79 Å². The smallest absolute Gasteiger partial charge is 0.231 e. The van der Waals surface area contributed by atoms with Crippen molar-refractivity contribution >= 4 is 0 Å². The first-order chi connectivity index (χ1) is 10.8. The highest BCUT2D eigenvalue weighted by Crippen LogP contribution is 2.35. The predicted molar refractivity (Wildman–Crippen MR) is 81.9 cm³/mol. The molecule has 0 unspecified atom stereocenters. The number of H-pyrrole nitrogens is 1. The fraction of sp³-hybridized carbons (Fsp3) is 0.0588. The maximum Gasteiger partial charge on any atom is 0.231 e. The molecular formula is C17H12N2O3. The summed E-state index contributed by atoms with van der Waals surface area (Å²) in [7, 11) is 0. The Kier molecular flexibility index (Phi) is 2.89. The third kappa shape index (κ3) is 2.13. The van der Waals surface area contributed by atoms with Crippen LogP contribution in [-0.4, -0.2) is 16.8 Å². The lowest BCUT2D eigenvalue weighted by Gasteiger charge is -2.05. The molecular weight excluding hydrogens is 280 g/mol. The van der Waals surface area contributed by atoms with Gasteiger partial charge in [0.25, 0.3) is 0 Å². The van der Waals surface area contributed by atoms with Crippen LogP contribution in [0.3, 0.4) is 0 Å². The van der Waals surface area contributed by atoms with Crippen molar-refractivity contribution < 1.29 is 9.47 Å². The van der Waals surface area contributed by atoms with Crippen molar-refractivity contribution in [3.05, 3.63) is 65.2 Å². The molecule has 1 aromatic carbocycles. The van der Waals surface area contributed by atoms with E-state index in [0.717, 1.165) is 22.6 Å². The minimum absolute atomic E-state index is 0.0561. The first kappa shape index (κ1) is 12.6. The van der Waals surface area contributed by atoms with Crippen molar-refractivity contribution in [1.29, 1.82) is 0 Å². The number of rotatable bonds is 2. The third-order valence-electron chi connectivity index (χ3n) is 3.57. The highest BCUT2D eigenvalue weighted by atomic mass is 16.7. The Bertz CT molecular complexity index is 888. The molecule has 3 aromatic rings. The number of aromatic amines is 1. The van der Waals surface area contributed by atoms with Gasteiger partial charge < -0.3 is 14.5 Å². The van der Waals surface area contributed by atoms with Crippen LogP contribution in [-0.2, 0) is 0 Å². The second-order valence-corrected chi connectivity index (χ2v) is 4.93. The standard InChI is InChI=1S/C17H12N2O3/c20-15-7-14(11-3-4-16-17(6-11)22-10-21-16)19-9-13(15)12-2-1-5-18-8-12/h1-9H,10H2,(H,19,20). The van der Waals surface area contributed by atoms with Gasteiger partial charge in [-0.1, -0.05) is 6.07 Å².